The number of benzene rings is 1. The lowest BCUT2D eigenvalue weighted by atomic mass is 10.2. The van der Waals surface area contributed by atoms with E-state index in [0.29, 0.717) is 5.92 Å². The first-order chi connectivity index (χ1) is 9.15. The Morgan fingerprint density at radius 1 is 1.32 bits per heavy atom. The first-order valence-electron chi connectivity index (χ1n) is 6.42. The highest BCUT2D eigenvalue weighted by atomic mass is 32.2. The average Bonchev–Trinajstić information content (AvgIpc) is 2.77. The van der Waals surface area contributed by atoms with Crippen molar-refractivity contribution in [3.8, 4) is 0 Å². The Morgan fingerprint density at radius 3 is 2.79 bits per heavy atom. The van der Waals surface area contributed by atoms with Crippen molar-refractivity contribution in [2.45, 2.75) is 36.6 Å². The van der Waals surface area contributed by atoms with Crippen LogP contribution in [0.1, 0.15) is 25.2 Å². The highest BCUT2D eigenvalue weighted by Gasteiger charge is 2.07. The van der Waals surface area contributed by atoms with Crippen LogP contribution in [0.2, 0.25) is 0 Å². The molecule has 1 aromatic carbocycles. The van der Waals surface area contributed by atoms with Crippen molar-refractivity contribution in [2.24, 2.45) is 5.92 Å². The number of hydrogen-bond donors (Lipinski definition) is 1. The molecule has 2 rings (SSSR count). The van der Waals surface area contributed by atoms with Gasteiger partial charge >= 0.3 is 0 Å². The molecular formula is C14H19N3S2. The van der Waals surface area contributed by atoms with Crippen LogP contribution in [0.25, 0.3) is 0 Å². The van der Waals surface area contributed by atoms with Gasteiger partial charge < -0.3 is 5.32 Å². The van der Waals surface area contributed by atoms with Gasteiger partial charge in [0.25, 0.3) is 0 Å². The molecule has 0 saturated carbocycles. The van der Waals surface area contributed by atoms with Crippen LogP contribution in [0.15, 0.2) is 33.5 Å². The predicted octanol–water partition coefficient (Wildman–Crippen LogP) is 3.74. The molecule has 0 aliphatic heterocycles. The van der Waals surface area contributed by atoms with Crippen molar-refractivity contribution >= 4 is 23.3 Å². The summed E-state index contributed by atoms with van der Waals surface area (Å²) in [5, 5.41) is 3.49. The zero-order valence-electron chi connectivity index (χ0n) is 11.5. The first kappa shape index (κ1) is 14.5. The fraction of sp³-hybridized carbons (Fsp3) is 0.429. The molecular weight excluding hydrogens is 274 g/mol. The van der Waals surface area contributed by atoms with Gasteiger partial charge in [0.2, 0.25) is 0 Å². The largest absolute Gasteiger partial charge is 0.312 e. The molecule has 0 aliphatic carbocycles. The van der Waals surface area contributed by atoms with Gasteiger partial charge in [-0.05, 0) is 42.5 Å². The zero-order valence-corrected chi connectivity index (χ0v) is 13.1. The van der Waals surface area contributed by atoms with Crippen molar-refractivity contribution in [2.75, 3.05) is 6.54 Å². The van der Waals surface area contributed by atoms with Gasteiger partial charge in [0.1, 0.15) is 5.82 Å². The van der Waals surface area contributed by atoms with Crippen LogP contribution in [-0.2, 0) is 6.54 Å². The molecule has 0 aliphatic rings. The maximum absolute atomic E-state index is 4.41. The smallest absolute Gasteiger partial charge is 0.174 e. The monoisotopic (exact) mass is 293 g/mol. The lowest BCUT2D eigenvalue weighted by Crippen LogP contribution is -2.19. The lowest BCUT2D eigenvalue weighted by molar-refractivity contribution is 0.550. The van der Waals surface area contributed by atoms with E-state index in [2.05, 4.69) is 52.8 Å². The molecule has 0 unspecified atom stereocenters. The van der Waals surface area contributed by atoms with Gasteiger partial charge in [0.15, 0.2) is 4.34 Å². The Kier molecular flexibility index (Phi) is 5.36. The van der Waals surface area contributed by atoms with E-state index < -0.39 is 0 Å². The molecule has 0 bridgehead atoms. The molecule has 1 heterocycles. The van der Waals surface area contributed by atoms with E-state index >= 15 is 0 Å². The minimum Gasteiger partial charge on any atom is -0.312 e. The molecule has 1 aromatic heterocycles. The fourth-order valence-corrected chi connectivity index (χ4v) is 3.40. The topological polar surface area (TPSA) is 37.8 Å². The van der Waals surface area contributed by atoms with E-state index in [4.69, 9.17) is 0 Å². The lowest BCUT2D eigenvalue weighted by Gasteiger charge is -2.10. The summed E-state index contributed by atoms with van der Waals surface area (Å²) in [6, 6.07) is 8.47. The second-order valence-corrected chi connectivity index (χ2v) is 6.88. The van der Waals surface area contributed by atoms with Gasteiger partial charge in [0.05, 0.1) is 0 Å². The zero-order chi connectivity index (χ0) is 13.7. The Balaban J connectivity index is 2.03. The Labute approximate surface area is 123 Å². The van der Waals surface area contributed by atoms with Crippen molar-refractivity contribution in [3.05, 3.63) is 35.7 Å². The molecule has 5 heteroatoms. The Hall–Kier alpha value is -0.910. The molecule has 0 saturated heterocycles. The summed E-state index contributed by atoms with van der Waals surface area (Å²) in [7, 11) is 0. The van der Waals surface area contributed by atoms with Gasteiger partial charge in [-0.2, -0.15) is 4.37 Å². The van der Waals surface area contributed by atoms with Crippen LogP contribution in [-0.4, -0.2) is 15.9 Å². The summed E-state index contributed by atoms with van der Waals surface area (Å²) in [5.74, 6) is 1.52. The average molecular weight is 293 g/mol. The highest BCUT2D eigenvalue weighted by Crippen LogP contribution is 2.31. The van der Waals surface area contributed by atoms with E-state index in [0.717, 1.165) is 23.3 Å². The van der Waals surface area contributed by atoms with Crippen LogP contribution in [0.3, 0.4) is 0 Å². The van der Waals surface area contributed by atoms with E-state index in [1.165, 1.54) is 22.0 Å². The van der Waals surface area contributed by atoms with Gasteiger partial charge in [-0.3, -0.25) is 0 Å². The number of hydrogen-bond acceptors (Lipinski definition) is 5. The van der Waals surface area contributed by atoms with Crippen molar-refractivity contribution in [3.63, 3.8) is 0 Å². The SMILES string of the molecule is Cc1nsc(Sc2ccccc2CNCC(C)C)n1. The standard InChI is InChI=1S/C14H19N3S2/c1-10(2)8-15-9-12-6-4-5-7-13(12)18-14-16-11(3)17-19-14/h4-7,10,15H,8-9H2,1-3H3. The molecule has 19 heavy (non-hydrogen) atoms. The van der Waals surface area contributed by atoms with E-state index in [1.54, 1.807) is 11.8 Å². The number of aromatic nitrogens is 2. The van der Waals surface area contributed by atoms with Crippen LogP contribution in [0.5, 0.6) is 0 Å². The van der Waals surface area contributed by atoms with Crippen LogP contribution < -0.4 is 5.32 Å². The van der Waals surface area contributed by atoms with Gasteiger partial charge in [-0.25, -0.2) is 4.98 Å². The third kappa shape index (κ3) is 4.60. The van der Waals surface area contributed by atoms with Crippen LogP contribution in [0.4, 0.5) is 0 Å². The summed E-state index contributed by atoms with van der Waals surface area (Å²) < 4.78 is 5.23. The van der Waals surface area contributed by atoms with E-state index in [1.807, 2.05) is 6.92 Å². The summed E-state index contributed by atoms with van der Waals surface area (Å²) in [5.41, 5.74) is 1.32. The molecule has 0 radical (unpaired) electrons. The summed E-state index contributed by atoms with van der Waals surface area (Å²) in [4.78, 5) is 5.66. The molecule has 2 aromatic rings. The molecule has 0 atom stereocenters. The summed E-state index contributed by atoms with van der Waals surface area (Å²) in [6.07, 6.45) is 0. The van der Waals surface area contributed by atoms with Gasteiger partial charge in [-0.1, -0.05) is 43.8 Å². The maximum atomic E-state index is 4.41. The third-order valence-electron chi connectivity index (χ3n) is 2.55. The van der Waals surface area contributed by atoms with Crippen LogP contribution >= 0.6 is 23.3 Å². The number of rotatable bonds is 6. The summed E-state index contributed by atoms with van der Waals surface area (Å²) >= 11 is 3.16. The molecule has 0 amide bonds. The normalized spacial score (nSPS) is 11.2. The number of nitrogens with zero attached hydrogens (tertiary/aromatic N) is 2. The van der Waals surface area contributed by atoms with E-state index in [-0.39, 0.29) is 0 Å². The molecule has 1 N–H and O–H groups in total. The van der Waals surface area contributed by atoms with Crippen LogP contribution in [0, 0.1) is 12.8 Å². The highest BCUT2D eigenvalue weighted by molar-refractivity contribution is 8.01. The minimum atomic E-state index is 0.672. The molecule has 0 fully saturated rings. The van der Waals surface area contributed by atoms with E-state index in [9.17, 15) is 0 Å². The molecule has 102 valence electrons. The van der Waals surface area contributed by atoms with Crippen molar-refractivity contribution in [1.82, 2.24) is 14.7 Å². The van der Waals surface area contributed by atoms with Crippen molar-refractivity contribution < 1.29 is 0 Å². The fourth-order valence-electron chi connectivity index (χ4n) is 1.66. The maximum Gasteiger partial charge on any atom is 0.174 e. The minimum absolute atomic E-state index is 0.672. The quantitative estimate of drug-likeness (QED) is 0.880. The number of nitrogens with one attached hydrogen (secondary N) is 1. The molecule has 3 nitrogen and oxygen atoms in total. The third-order valence-corrected chi connectivity index (χ3v) is 4.51. The number of aryl methyl sites for hydroxylation is 1. The molecule has 0 spiro atoms. The van der Waals surface area contributed by atoms with Crippen molar-refractivity contribution in [1.29, 1.82) is 0 Å². The Bertz CT molecular complexity index is 523. The van der Waals surface area contributed by atoms with Gasteiger partial charge in [0, 0.05) is 11.4 Å². The predicted molar refractivity (Wildman–Crippen MR) is 81.8 cm³/mol. The second kappa shape index (κ2) is 7.03. The summed E-state index contributed by atoms with van der Waals surface area (Å²) in [6.45, 7) is 8.31. The Morgan fingerprint density at radius 2 is 2.11 bits per heavy atom. The first-order valence-corrected chi connectivity index (χ1v) is 8.01. The second-order valence-electron chi connectivity index (χ2n) is 4.84. The van der Waals surface area contributed by atoms with Gasteiger partial charge in [-0.15, -0.1) is 0 Å².